The summed E-state index contributed by atoms with van der Waals surface area (Å²) in [6, 6.07) is 0. The van der Waals surface area contributed by atoms with Crippen molar-refractivity contribution < 1.29 is 79.9 Å². The first kappa shape index (κ1) is 29.1. The topological polar surface area (TPSA) is 190 Å². The molecule has 0 spiro atoms. The summed E-state index contributed by atoms with van der Waals surface area (Å²) < 4.78 is 15.3. The molecule has 26 heavy (non-hydrogen) atoms. The first-order valence-corrected chi connectivity index (χ1v) is 7.08. The van der Waals surface area contributed by atoms with Gasteiger partial charge in [0.2, 0.25) is 0 Å². The SMILES string of the molecule is OC[C@H]1O[C@@H](O[C@H]2[C@H](O)[C@@H](O)C(O)O[C@@H]2CO)[C@H](O)[C@@H](O)[C@H]1O.[Cl-].[Cl-].[Mg+2]. The van der Waals surface area contributed by atoms with Crippen LogP contribution in [0.15, 0.2) is 0 Å². The number of hydrogen-bond donors (Lipinski definition) is 8. The van der Waals surface area contributed by atoms with Gasteiger partial charge in [0.1, 0.15) is 48.8 Å². The van der Waals surface area contributed by atoms with Gasteiger partial charge in [-0.05, 0) is 0 Å². The summed E-state index contributed by atoms with van der Waals surface area (Å²) in [6.07, 6.45) is -15.6. The van der Waals surface area contributed by atoms with E-state index in [-0.39, 0.29) is 47.9 Å². The van der Waals surface area contributed by atoms with Gasteiger partial charge < -0.3 is 79.9 Å². The molecule has 2 aliphatic rings. The van der Waals surface area contributed by atoms with Gasteiger partial charge >= 0.3 is 23.1 Å². The Morgan fingerprint density at radius 1 is 0.654 bits per heavy atom. The minimum absolute atomic E-state index is 0. The largest absolute Gasteiger partial charge is 2.00 e. The van der Waals surface area contributed by atoms with Crippen molar-refractivity contribution in [2.75, 3.05) is 13.2 Å². The van der Waals surface area contributed by atoms with Gasteiger partial charge in [-0.2, -0.15) is 0 Å². The number of hydrogen-bond acceptors (Lipinski definition) is 11. The molecule has 2 heterocycles. The van der Waals surface area contributed by atoms with Gasteiger partial charge in [0.15, 0.2) is 12.6 Å². The van der Waals surface area contributed by atoms with Crippen LogP contribution in [0.1, 0.15) is 0 Å². The van der Waals surface area contributed by atoms with Gasteiger partial charge in [-0.1, -0.05) is 0 Å². The Kier molecular flexibility index (Phi) is 14.0. The molecular weight excluding hydrogens is 415 g/mol. The molecule has 8 N–H and O–H groups in total. The second-order valence-electron chi connectivity index (χ2n) is 5.53. The molecule has 0 aromatic heterocycles. The summed E-state index contributed by atoms with van der Waals surface area (Å²) in [5, 5.41) is 76.5. The van der Waals surface area contributed by atoms with Gasteiger partial charge in [-0.25, -0.2) is 0 Å². The van der Waals surface area contributed by atoms with Crippen LogP contribution >= 0.6 is 0 Å². The van der Waals surface area contributed by atoms with Crippen molar-refractivity contribution in [2.45, 2.75) is 61.4 Å². The van der Waals surface area contributed by atoms with E-state index in [1.54, 1.807) is 0 Å². The molecule has 152 valence electrons. The van der Waals surface area contributed by atoms with Crippen molar-refractivity contribution >= 4 is 23.1 Å². The van der Waals surface area contributed by atoms with Crippen molar-refractivity contribution in [1.82, 2.24) is 0 Å². The summed E-state index contributed by atoms with van der Waals surface area (Å²) in [5.41, 5.74) is 0. The molecule has 2 rings (SSSR count). The summed E-state index contributed by atoms with van der Waals surface area (Å²) in [7, 11) is 0. The Morgan fingerprint density at radius 2 is 1.19 bits per heavy atom. The molecule has 11 nitrogen and oxygen atoms in total. The number of ether oxygens (including phenoxy) is 3. The first-order chi connectivity index (χ1) is 10.8. The predicted octanol–water partition coefficient (Wildman–Crippen LogP) is -11.8. The van der Waals surface area contributed by atoms with E-state index in [1.165, 1.54) is 0 Å². The van der Waals surface area contributed by atoms with Crippen LogP contribution in [0.5, 0.6) is 0 Å². The van der Waals surface area contributed by atoms with Gasteiger partial charge in [-0.3, -0.25) is 0 Å². The van der Waals surface area contributed by atoms with Crippen LogP contribution in [0.4, 0.5) is 0 Å². The molecule has 0 radical (unpaired) electrons. The molecule has 0 aromatic carbocycles. The van der Waals surface area contributed by atoms with E-state index in [1.807, 2.05) is 0 Å². The molecule has 2 aliphatic heterocycles. The summed E-state index contributed by atoms with van der Waals surface area (Å²) in [4.78, 5) is 0. The summed E-state index contributed by atoms with van der Waals surface area (Å²) >= 11 is 0. The van der Waals surface area contributed by atoms with E-state index >= 15 is 0 Å². The van der Waals surface area contributed by atoms with E-state index in [0.29, 0.717) is 0 Å². The van der Waals surface area contributed by atoms with Crippen LogP contribution in [0.3, 0.4) is 0 Å². The van der Waals surface area contributed by atoms with E-state index in [9.17, 15) is 35.7 Å². The van der Waals surface area contributed by atoms with Crippen molar-refractivity contribution in [2.24, 2.45) is 0 Å². The molecule has 0 amide bonds. The average Bonchev–Trinajstić information content (AvgIpc) is 2.55. The number of aliphatic hydroxyl groups excluding tert-OH is 8. The minimum atomic E-state index is -1.74. The first-order valence-electron chi connectivity index (χ1n) is 7.08. The second-order valence-corrected chi connectivity index (χ2v) is 5.53. The number of rotatable bonds is 4. The monoisotopic (exact) mass is 436 g/mol. The van der Waals surface area contributed by atoms with Gasteiger partial charge in [0.25, 0.3) is 0 Å². The predicted molar refractivity (Wildman–Crippen MR) is 74.4 cm³/mol. The fourth-order valence-electron chi connectivity index (χ4n) is 2.57. The Hall–Kier alpha value is 0.906. The summed E-state index contributed by atoms with van der Waals surface area (Å²) in [6.45, 7) is -1.35. The standard InChI is InChI=1S/C12H22O11.2ClH.Mg/c13-1-3-5(15)6(16)9(19)12(22-3)23-10-4(2-14)21-11(20)8(18)7(10)17;;;/h3-20H,1-2H2;2*1H;/q;;;+2/p-2/t3-,4-,5+,6+,7-,8-,9-,10-,11?,12+;;;/m1.../s1. The molecular formula is C12H22Cl2MgO11. The second kappa shape index (κ2) is 12.5. The third-order valence-electron chi connectivity index (χ3n) is 3.98. The zero-order valence-corrected chi connectivity index (χ0v) is 16.4. The van der Waals surface area contributed by atoms with Crippen molar-refractivity contribution in [3.63, 3.8) is 0 Å². The van der Waals surface area contributed by atoms with Crippen molar-refractivity contribution in [3.05, 3.63) is 0 Å². The molecule has 0 aromatic rings. The minimum Gasteiger partial charge on any atom is -1.00 e. The molecule has 14 heteroatoms. The van der Waals surface area contributed by atoms with Crippen molar-refractivity contribution in [3.8, 4) is 0 Å². The zero-order valence-electron chi connectivity index (χ0n) is 13.5. The van der Waals surface area contributed by atoms with E-state index in [4.69, 9.17) is 19.3 Å². The fraction of sp³-hybridized carbons (Fsp3) is 1.00. The normalized spacial score (nSPS) is 45.7. The Balaban J connectivity index is 0. The molecule has 0 bridgehead atoms. The van der Waals surface area contributed by atoms with E-state index < -0.39 is 74.6 Å². The number of halogens is 2. The third kappa shape index (κ3) is 5.95. The van der Waals surface area contributed by atoms with E-state index in [2.05, 4.69) is 0 Å². The van der Waals surface area contributed by atoms with Gasteiger partial charge in [-0.15, -0.1) is 0 Å². The smallest absolute Gasteiger partial charge is 1.00 e. The fourth-order valence-corrected chi connectivity index (χ4v) is 2.57. The molecule has 0 aliphatic carbocycles. The average molecular weight is 438 g/mol. The van der Waals surface area contributed by atoms with Crippen LogP contribution in [-0.2, 0) is 14.2 Å². The van der Waals surface area contributed by atoms with Crippen LogP contribution in [0.2, 0.25) is 0 Å². The maximum Gasteiger partial charge on any atom is 2.00 e. The van der Waals surface area contributed by atoms with Crippen LogP contribution in [-0.4, -0.2) is 139 Å². The molecule has 10 atom stereocenters. The Bertz CT molecular complexity index is 394. The van der Waals surface area contributed by atoms with Gasteiger partial charge in [0, 0.05) is 0 Å². The van der Waals surface area contributed by atoms with Crippen LogP contribution in [0.25, 0.3) is 0 Å². The van der Waals surface area contributed by atoms with Crippen LogP contribution in [0, 0.1) is 0 Å². The molecule has 1 unspecified atom stereocenters. The van der Waals surface area contributed by atoms with Gasteiger partial charge in [0.05, 0.1) is 13.2 Å². The zero-order chi connectivity index (χ0) is 17.3. The van der Waals surface area contributed by atoms with E-state index in [0.717, 1.165) is 0 Å². The quantitative estimate of drug-likeness (QED) is 0.195. The Labute approximate surface area is 177 Å². The summed E-state index contributed by atoms with van der Waals surface area (Å²) in [5.74, 6) is 0. The number of aliphatic hydroxyl groups is 8. The molecule has 2 fully saturated rings. The van der Waals surface area contributed by atoms with Crippen molar-refractivity contribution in [1.29, 1.82) is 0 Å². The maximum absolute atomic E-state index is 9.94. The molecule has 2 saturated heterocycles. The third-order valence-corrected chi connectivity index (χ3v) is 3.98. The Morgan fingerprint density at radius 3 is 1.69 bits per heavy atom. The molecule has 0 saturated carbocycles. The maximum atomic E-state index is 9.94. The van der Waals surface area contributed by atoms with Crippen LogP contribution < -0.4 is 24.8 Å².